The summed E-state index contributed by atoms with van der Waals surface area (Å²) >= 11 is 0. The second-order valence-electron chi connectivity index (χ2n) is 7.87. The van der Waals surface area contributed by atoms with Gasteiger partial charge in [-0.05, 0) is 25.1 Å². The van der Waals surface area contributed by atoms with Crippen molar-refractivity contribution in [1.82, 2.24) is 29.5 Å². The lowest BCUT2D eigenvalue weighted by atomic mass is 10.1. The van der Waals surface area contributed by atoms with E-state index in [1.807, 2.05) is 37.5 Å². The van der Waals surface area contributed by atoms with Gasteiger partial charge in [0, 0.05) is 48.3 Å². The summed E-state index contributed by atoms with van der Waals surface area (Å²) in [6, 6.07) is 12.3. The molecule has 0 unspecified atom stereocenters. The maximum Gasteiger partial charge on any atom is 0.253 e. The Hall–Kier alpha value is -3.98. The van der Waals surface area contributed by atoms with Crippen molar-refractivity contribution >= 4 is 16.9 Å². The summed E-state index contributed by atoms with van der Waals surface area (Å²) in [7, 11) is 1.85. The molecule has 1 fully saturated rings. The second-order valence-corrected chi connectivity index (χ2v) is 7.87. The smallest absolute Gasteiger partial charge is 0.253 e. The first-order valence-electron chi connectivity index (χ1n) is 12.2. The third kappa shape index (κ3) is 3.66. The SMILES string of the molecule is [2H]C([2H])([2H])c1cccc(-c2ccn(-c3nc(N4CCOCC4)c4oc(-c5ccn(C)n5)cc4n3)n2)c1. The van der Waals surface area contributed by atoms with Crippen molar-refractivity contribution in [3.05, 3.63) is 60.4 Å². The van der Waals surface area contributed by atoms with Gasteiger partial charge in [0.1, 0.15) is 11.2 Å². The van der Waals surface area contributed by atoms with Gasteiger partial charge in [-0.2, -0.15) is 15.2 Å². The van der Waals surface area contributed by atoms with Gasteiger partial charge >= 0.3 is 0 Å². The summed E-state index contributed by atoms with van der Waals surface area (Å²) in [5.41, 5.74) is 3.53. The number of fused-ring (bicyclic) bond motifs is 1. The van der Waals surface area contributed by atoms with Crippen LogP contribution < -0.4 is 4.90 Å². The van der Waals surface area contributed by atoms with Crippen molar-refractivity contribution < 1.29 is 13.3 Å². The molecule has 0 aliphatic carbocycles. The summed E-state index contributed by atoms with van der Waals surface area (Å²) in [6.07, 6.45) is 3.62. The van der Waals surface area contributed by atoms with E-state index in [4.69, 9.17) is 23.2 Å². The zero-order valence-corrected chi connectivity index (χ0v) is 18.0. The van der Waals surface area contributed by atoms with Crippen LogP contribution in [0.4, 0.5) is 5.82 Å². The fourth-order valence-corrected chi connectivity index (χ4v) is 3.94. The molecule has 166 valence electrons. The van der Waals surface area contributed by atoms with Gasteiger partial charge in [0.15, 0.2) is 17.2 Å². The highest BCUT2D eigenvalue weighted by atomic mass is 16.5. The van der Waals surface area contributed by atoms with Crippen LogP contribution in [0.5, 0.6) is 0 Å². The number of aryl methyl sites for hydroxylation is 2. The number of aromatic nitrogens is 6. The van der Waals surface area contributed by atoms with E-state index in [2.05, 4.69) is 15.1 Å². The first-order valence-corrected chi connectivity index (χ1v) is 10.7. The van der Waals surface area contributed by atoms with E-state index >= 15 is 0 Å². The van der Waals surface area contributed by atoms with Crippen LogP contribution in [0.25, 0.3) is 39.8 Å². The predicted molar refractivity (Wildman–Crippen MR) is 124 cm³/mol. The molecule has 33 heavy (non-hydrogen) atoms. The number of benzene rings is 1. The zero-order valence-electron chi connectivity index (χ0n) is 21.0. The molecule has 5 aromatic rings. The van der Waals surface area contributed by atoms with E-state index in [9.17, 15) is 0 Å². The standard InChI is InChI=1S/C24H23N7O2/c1-16-4-3-5-17(14-16)18-7-9-31(28-18)24-25-20-15-21(19-6-8-29(2)27-19)33-22(20)23(26-24)30-10-12-32-13-11-30/h3-9,14-15H,10-13H2,1-2H3/i1D3. The highest BCUT2D eigenvalue weighted by molar-refractivity contribution is 5.88. The van der Waals surface area contributed by atoms with Gasteiger partial charge < -0.3 is 14.1 Å². The molecule has 0 N–H and O–H groups in total. The quantitative estimate of drug-likeness (QED) is 0.418. The topological polar surface area (TPSA) is 87.0 Å². The zero-order chi connectivity index (χ0) is 24.9. The predicted octanol–water partition coefficient (Wildman–Crippen LogP) is 3.62. The van der Waals surface area contributed by atoms with E-state index in [-0.39, 0.29) is 5.56 Å². The second kappa shape index (κ2) is 7.86. The summed E-state index contributed by atoms with van der Waals surface area (Å²) in [5, 5.41) is 9.10. The molecule has 0 bridgehead atoms. The number of ether oxygens (including phenoxy) is 1. The number of hydrogen-bond acceptors (Lipinski definition) is 7. The lowest BCUT2D eigenvalue weighted by Gasteiger charge is -2.27. The summed E-state index contributed by atoms with van der Waals surface area (Å²) in [5.74, 6) is 1.66. The normalized spacial score (nSPS) is 16.0. The molecule has 1 aromatic carbocycles. The Labute approximate surface area is 194 Å². The van der Waals surface area contributed by atoms with Crippen molar-refractivity contribution in [2.75, 3.05) is 31.2 Å². The van der Waals surface area contributed by atoms with Gasteiger partial charge in [-0.1, -0.05) is 23.8 Å². The van der Waals surface area contributed by atoms with E-state index in [1.165, 1.54) is 0 Å². The Bertz CT molecular complexity index is 1550. The Balaban J connectivity index is 1.43. The first kappa shape index (κ1) is 16.6. The third-order valence-corrected chi connectivity index (χ3v) is 5.57. The number of furan rings is 1. The van der Waals surface area contributed by atoms with Crippen LogP contribution >= 0.6 is 0 Å². The Morgan fingerprint density at radius 3 is 2.67 bits per heavy atom. The Morgan fingerprint density at radius 1 is 0.970 bits per heavy atom. The number of rotatable bonds is 4. The van der Waals surface area contributed by atoms with Crippen molar-refractivity contribution in [2.24, 2.45) is 7.05 Å². The van der Waals surface area contributed by atoms with Crippen molar-refractivity contribution in [1.29, 1.82) is 0 Å². The van der Waals surface area contributed by atoms with Crippen LogP contribution in [-0.4, -0.2) is 55.8 Å². The fourth-order valence-electron chi connectivity index (χ4n) is 3.94. The molecule has 4 aromatic heterocycles. The maximum atomic E-state index is 7.69. The molecule has 1 aliphatic heterocycles. The maximum absolute atomic E-state index is 7.69. The molecule has 0 spiro atoms. The number of anilines is 1. The third-order valence-electron chi connectivity index (χ3n) is 5.57. The monoisotopic (exact) mass is 444 g/mol. The van der Waals surface area contributed by atoms with Crippen LogP contribution in [0.3, 0.4) is 0 Å². The summed E-state index contributed by atoms with van der Waals surface area (Å²) in [4.78, 5) is 11.7. The average molecular weight is 445 g/mol. The Kier molecular flexibility index (Phi) is 3.96. The summed E-state index contributed by atoms with van der Waals surface area (Å²) < 4.78 is 38.1. The van der Waals surface area contributed by atoms with Crippen LogP contribution in [0.2, 0.25) is 0 Å². The lowest BCUT2D eigenvalue weighted by molar-refractivity contribution is 0.122. The average Bonchev–Trinajstić information content (AvgIpc) is 3.63. The fraction of sp³-hybridized carbons (Fsp3) is 0.250. The molecule has 1 aliphatic rings. The molecule has 0 amide bonds. The molecule has 1 saturated heterocycles. The first-order chi connectivity index (χ1) is 17.3. The highest BCUT2D eigenvalue weighted by Gasteiger charge is 2.22. The molecule has 0 radical (unpaired) electrons. The Morgan fingerprint density at radius 2 is 1.85 bits per heavy atom. The van der Waals surface area contributed by atoms with Gasteiger partial charge in [0.2, 0.25) is 0 Å². The molecule has 0 atom stereocenters. The van der Waals surface area contributed by atoms with E-state index < -0.39 is 6.85 Å². The van der Waals surface area contributed by atoms with Crippen LogP contribution in [0, 0.1) is 6.85 Å². The number of morpholine rings is 1. The summed E-state index contributed by atoms with van der Waals surface area (Å²) in [6.45, 7) is 0.363. The molecule has 9 nitrogen and oxygen atoms in total. The number of nitrogens with zero attached hydrogens (tertiary/aromatic N) is 7. The molecule has 9 heteroatoms. The van der Waals surface area contributed by atoms with Gasteiger partial charge in [0.25, 0.3) is 5.95 Å². The minimum absolute atomic E-state index is 0.266. The van der Waals surface area contributed by atoms with Crippen LogP contribution in [0.15, 0.2) is 59.3 Å². The van der Waals surface area contributed by atoms with E-state index in [1.54, 1.807) is 33.8 Å². The minimum Gasteiger partial charge on any atom is -0.449 e. The number of hydrogen-bond donors (Lipinski definition) is 0. The molecular formula is C24H23N7O2. The van der Waals surface area contributed by atoms with Crippen molar-refractivity contribution in [2.45, 2.75) is 6.85 Å². The molecular weight excluding hydrogens is 418 g/mol. The van der Waals surface area contributed by atoms with Gasteiger partial charge in [-0.3, -0.25) is 4.68 Å². The molecule has 0 saturated carbocycles. The van der Waals surface area contributed by atoms with Crippen LogP contribution in [-0.2, 0) is 11.8 Å². The van der Waals surface area contributed by atoms with Gasteiger partial charge in [-0.25, -0.2) is 9.67 Å². The van der Waals surface area contributed by atoms with Gasteiger partial charge in [-0.15, -0.1) is 0 Å². The lowest BCUT2D eigenvalue weighted by Crippen LogP contribution is -2.37. The highest BCUT2D eigenvalue weighted by Crippen LogP contribution is 2.32. The molecule has 6 rings (SSSR count). The molecule has 5 heterocycles. The minimum atomic E-state index is -2.19. The van der Waals surface area contributed by atoms with E-state index in [0.29, 0.717) is 71.9 Å². The van der Waals surface area contributed by atoms with Crippen LogP contribution in [0.1, 0.15) is 9.68 Å². The van der Waals surface area contributed by atoms with Gasteiger partial charge in [0.05, 0.1) is 18.9 Å². The largest absolute Gasteiger partial charge is 0.449 e. The van der Waals surface area contributed by atoms with Crippen molar-refractivity contribution in [3.8, 4) is 28.7 Å². The van der Waals surface area contributed by atoms with E-state index in [0.717, 1.165) is 0 Å². The van der Waals surface area contributed by atoms with Crippen molar-refractivity contribution in [3.63, 3.8) is 0 Å².